The average Bonchev–Trinajstić information content (AvgIpc) is 2.26. The fraction of sp³-hybridized carbons (Fsp3) is 0.462. The third-order valence-electron chi connectivity index (χ3n) is 2.81. The number of thioether (sulfide) groups is 1. The standard InChI is InChI=1S/C13H19NO2S/c1-8-6-11(13(14)16)4-5-12(8)7-17-10(3)9(2)15/h4-6,9-10,15H,7H2,1-3H3,(H2,14,16). The molecular weight excluding hydrogens is 234 g/mol. The molecule has 0 spiro atoms. The highest BCUT2D eigenvalue weighted by molar-refractivity contribution is 7.99. The molecule has 0 aliphatic carbocycles. The summed E-state index contributed by atoms with van der Waals surface area (Å²) in [6.45, 7) is 5.76. The van der Waals surface area contributed by atoms with Crippen molar-refractivity contribution in [2.24, 2.45) is 5.73 Å². The van der Waals surface area contributed by atoms with Crippen molar-refractivity contribution in [1.82, 2.24) is 0 Å². The SMILES string of the molecule is Cc1cc(C(N)=O)ccc1CSC(C)C(C)O. The van der Waals surface area contributed by atoms with Crippen molar-refractivity contribution in [3.8, 4) is 0 Å². The molecule has 1 aromatic rings. The lowest BCUT2D eigenvalue weighted by atomic mass is 10.1. The number of amides is 1. The van der Waals surface area contributed by atoms with Gasteiger partial charge in [0.25, 0.3) is 0 Å². The normalized spacial score (nSPS) is 14.4. The zero-order valence-corrected chi connectivity index (χ0v) is 11.3. The van der Waals surface area contributed by atoms with Gasteiger partial charge in [-0.15, -0.1) is 0 Å². The molecule has 2 atom stereocenters. The Bertz CT molecular complexity index is 404. The van der Waals surface area contributed by atoms with Gasteiger partial charge in [-0.3, -0.25) is 4.79 Å². The van der Waals surface area contributed by atoms with E-state index in [1.165, 1.54) is 5.56 Å². The van der Waals surface area contributed by atoms with Crippen LogP contribution in [-0.2, 0) is 5.75 Å². The van der Waals surface area contributed by atoms with E-state index >= 15 is 0 Å². The molecule has 0 bridgehead atoms. The smallest absolute Gasteiger partial charge is 0.248 e. The Morgan fingerprint density at radius 3 is 2.59 bits per heavy atom. The summed E-state index contributed by atoms with van der Waals surface area (Å²) < 4.78 is 0. The Labute approximate surface area is 106 Å². The summed E-state index contributed by atoms with van der Waals surface area (Å²) in [6, 6.07) is 5.49. The molecule has 0 saturated heterocycles. The molecule has 0 heterocycles. The number of carbonyl (C=O) groups excluding carboxylic acids is 1. The summed E-state index contributed by atoms with van der Waals surface area (Å²) in [4.78, 5) is 11.0. The second-order valence-corrected chi connectivity index (χ2v) is 5.63. The quantitative estimate of drug-likeness (QED) is 0.844. The molecule has 2 unspecified atom stereocenters. The number of rotatable bonds is 5. The molecule has 1 amide bonds. The number of carbonyl (C=O) groups is 1. The van der Waals surface area contributed by atoms with Crippen molar-refractivity contribution >= 4 is 17.7 Å². The first-order valence-corrected chi connectivity index (χ1v) is 6.65. The van der Waals surface area contributed by atoms with Crippen LogP contribution in [0.5, 0.6) is 0 Å². The van der Waals surface area contributed by atoms with Crippen LogP contribution < -0.4 is 5.73 Å². The molecule has 0 radical (unpaired) electrons. The first kappa shape index (κ1) is 14.1. The third-order valence-corrected chi connectivity index (χ3v) is 4.21. The lowest BCUT2D eigenvalue weighted by Gasteiger charge is -2.15. The van der Waals surface area contributed by atoms with E-state index in [1.54, 1.807) is 24.8 Å². The van der Waals surface area contributed by atoms with Crippen LogP contribution in [0.1, 0.15) is 35.3 Å². The fourth-order valence-corrected chi connectivity index (χ4v) is 2.42. The van der Waals surface area contributed by atoms with Crippen LogP contribution in [0.3, 0.4) is 0 Å². The van der Waals surface area contributed by atoms with Crippen molar-refractivity contribution < 1.29 is 9.90 Å². The Morgan fingerprint density at radius 2 is 2.12 bits per heavy atom. The number of hydrogen-bond donors (Lipinski definition) is 2. The Balaban J connectivity index is 2.70. The Morgan fingerprint density at radius 1 is 1.47 bits per heavy atom. The minimum atomic E-state index is -0.398. The van der Waals surface area contributed by atoms with Gasteiger partial charge in [-0.05, 0) is 37.1 Å². The summed E-state index contributed by atoms with van der Waals surface area (Å²) >= 11 is 1.70. The molecule has 0 saturated carbocycles. The van der Waals surface area contributed by atoms with Crippen molar-refractivity contribution in [3.63, 3.8) is 0 Å². The first-order valence-electron chi connectivity index (χ1n) is 5.60. The largest absolute Gasteiger partial charge is 0.392 e. The number of aliphatic hydroxyl groups is 1. The Kier molecular flexibility index (Phi) is 5.02. The number of primary amides is 1. The van der Waals surface area contributed by atoms with Gasteiger partial charge in [-0.1, -0.05) is 13.0 Å². The predicted molar refractivity (Wildman–Crippen MR) is 72.1 cm³/mol. The number of benzene rings is 1. The van der Waals surface area contributed by atoms with Gasteiger partial charge in [0.2, 0.25) is 5.91 Å². The van der Waals surface area contributed by atoms with E-state index in [2.05, 4.69) is 0 Å². The molecule has 0 aliphatic rings. The average molecular weight is 253 g/mol. The highest BCUT2D eigenvalue weighted by Crippen LogP contribution is 2.22. The van der Waals surface area contributed by atoms with Gasteiger partial charge in [0.1, 0.15) is 0 Å². The number of hydrogen-bond acceptors (Lipinski definition) is 3. The number of aryl methyl sites for hydroxylation is 1. The molecule has 0 aromatic heterocycles. The summed E-state index contributed by atoms with van der Waals surface area (Å²) in [5.41, 5.74) is 7.99. The monoisotopic (exact) mass is 253 g/mol. The molecule has 94 valence electrons. The second-order valence-electron chi connectivity index (χ2n) is 4.26. The van der Waals surface area contributed by atoms with Crippen LogP contribution >= 0.6 is 11.8 Å². The van der Waals surface area contributed by atoms with Gasteiger partial charge in [-0.2, -0.15) is 11.8 Å². The van der Waals surface area contributed by atoms with E-state index in [9.17, 15) is 9.90 Å². The zero-order valence-electron chi connectivity index (χ0n) is 10.4. The maximum Gasteiger partial charge on any atom is 0.248 e. The zero-order chi connectivity index (χ0) is 13.0. The summed E-state index contributed by atoms with van der Waals surface area (Å²) in [5.74, 6) is 0.432. The summed E-state index contributed by atoms with van der Waals surface area (Å²) in [6.07, 6.45) is -0.315. The van der Waals surface area contributed by atoms with Gasteiger partial charge in [0, 0.05) is 16.6 Å². The molecule has 1 rings (SSSR count). The predicted octanol–water partition coefficient (Wildman–Crippen LogP) is 2.10. The number of aliphatic hydroxyl groups excluding tert-OH is 1. The van der Waals surface area contributed by atoms with Crippen molar-refractivity contribution in [2.75, 3.05) is 0 Å². The maximum absolute atomic E-state index is 11.0. The Hall–Kier alpha value is -1.000. The molecule has 4 heteroatoms. The minimum Gasteiger partial charge on any atom is -0.392 e. The van der Waals surface area contributed by atoms with Crippen LogP contribution in [0.15, 0.2) is 18.2 Å². The molecule has 1 aromatic carbocycles. The van der Waals surface area contributed by atoms with Gasteiger partial charge < -0.3 is 10.8 Å². The highest BCUT2D eigenvalue weighted by atomic mass is 32.2. The van der Waals surface area contributed by atoms with Crippen LogP contribution in [0.25, 0.3) is 0 Å². The van der Waals surface area contributed by atoms with E-state index in [1.807, 2.05) is 26.0 Å². The molecule has 17 heavy (non-hydrogen) atoms. The van der Waals surface area contributed by atoms with E-state index in [0.717, 1.165) is 11.3 Å². The van der Waals surface area contributed by atoms with Gasteiger partial charge in [-0.25, -0.2) is 0 Å². The lowest BCUT2D eigenvalue weighted by molar-refractivity contribution is 0.1000. The molecule has 0 aliphatic heterocycles. The van der Waals surface area contributed by atoms with Crippen molar-refractivity contribution in [3.05, 3.63) is 34.9 Å². The van der Waals surface area contributed by atoms with Crippen LogP contribution in [0.4, 0.5) is 0 Å². The fourth-order valence-electron chi connectivity index (χ4n) is 1.37. The van der Waals surface area contributed by atoms with Gasteiger partial charge in [0.15, 0.2) is 0 Å². The van der Waals surface area contributed by atoms with Gasteiger partial charge in [0.05, 0.1) is 6.10 Å². The molecule has 0 fully saturated rings. The van der Waals surface area contributed by atoms with Crippen molar-refractivity contribution in [2.45, 2.75) is 37.9 Å². The maximum atomic E-state index is 11.0. The lowest BCUT2D eigenvalue weighted by Crippen LogP contribution is -2.15. The number of nitrogens with two attached hydrogens (primary N) is 1. The highest BCUT2D eigenvalue weighted by Gasteiger charge is 2.10. The van der Waals surface area contributed by atoms with Crippen LogP contribution in [0, 0.1) is 6.92 Å². The van der Waals surface area contributed by atoms with Crippen molar-refractivity contribution in [1.29, 1.82) is 0 Å². The first-order chi connectivity index (χ1) is 7.91. The van der Waals surface area contributed by atoms with E-state index in [0.29, 0.717) is 5.56 Å². The molecular formula is C13H19NO2S. The summed E-state index contributed by atoms with van der Waals surface area (Å²) in [5, 5.41) is 9.60. The van der Waals surface area contributed by atoms with Gasteiger partial charge >= 0.3 is 0 Å². The summed E-state index contributed by atoms with van der Waals surface area (Å²) in [7, 11) is 0. The second kappa shape index (κ2) is 6.07. The van der Waals surface area contributed by atoms with Crippen LogP contribution in [-0.4, -0.2) is 22.4 Å². The minimum absolute atomic E-state index is 0.199. The molecule has 3 nitrogen and oxygen atoms in total. The van der Waals surface area contributed by atoms with E-state index in [4.69, 9.17) is 5.73 Å². The van der Waals surface area contributed by atoms with Crippen LogP contribution in [0.2, 0.25) is 0 Å². The van der Waals surface area contributed by atoms with E-state index in [-0.39, 0.29) is 11.4 Å². The third kappa shape index (κ3) is 4.06. The molecule has 3 N–H and O–H groups in total. The topological polar surface area (TPSA) is 63.3 Å². The van der Waals surface area contributed by atoms with E-state index < -0.39 is 5.91 Å².